The average Bonchev–Trinajstić information content (AvgIpc) is 2.99. The molecule has 2 aromatic carbocycles. The Labute approximate surface area is 151 Å². The predicted octanol–water partition coefficient (Wildman–Crippen LogP) is 1.79. The van der Waals surface area contributed by atoms with E-state index in [0.717, 1.165) is 17.5 Å². The molecule has 1 amide bonds. The Hall–Kier alpha value is -2.99. The average molecular weight is 352 g/mol. The Morgan fingerprint density at radius 3 is 2.58 bits per heavy atom. The maximum atomic E-state index is 12.3. The molecule has 0 bridgehead atoms. The zero-order valence-corrected chi connectivity index (χ0v) is 14.5. The highest BCUT2D eigenvalue weighted by molar-refractivity contribution is 5.99. The second-order valence-corrected chi connectivity index (χ2v) is 6.26. The zero-order chi connectivity index (χ0) is 18.7. The van der Waals surface area contributed by atoms with E-state index in [1.54, 1.807) is 19.2 Å². The molecule has 0 saturated heterocycles. The van der Waals surface area contributed by atoms with Gasteiger partial charge in [-0.05, 0) is 54.3 Å². The molecule has 2 aromatic rings. The Kier molecular flexibility index (Phi) is 5.14. The van der Waals surface area contributed by atoms with Gasteiger partial charge in [-0.2, -0.15) is 0 Å². The van der Waals surface area contributed by atoms with E-state index in [-0.39, 0.29) is 12.8 Å². The molecule has 0 spiro atoms. The van der Waals surface area contributed by atoms with E-state index in [0.29, 0.717) is 5.56 Å². The molecule has 3 rings (SSSR count). The molecule has 0 unspecified atom stereocenters. The standard InChI is InChI=1S/C20H20N2O4/c1-22-17(8-9-18(21)23)20(25)26-19(24)13-6-7-16-14(11-13)10-12-4-2-3-5-15(12)16/h2-7,11,17,22H,8-10H2,1H3,(H2,21,23)/t17-/m0/s1. The molecule has 6 nitrogen and oxygen atoms in total. The van der Waals surface area contributed by atoms with Gasteiger partial charge < -0.3 is 15.8 Å². The molecule has 0 fully saturated rings. The van der Waals surface area contributed by atoms with E-state index in [2.05, 4.69) is 17.4 Å². The summed E-state index contributed by atoms with van der Waals surface area (Å²) in [6.45, 7) is 0. The molecule has 6 heteroatoms. The predicted molar refractivity (Wildman–Crippen MR) is 96.4 cm³/mol. The normalized spacial score (nSPS) is 12.8. The molecule has 1 aliphatic rings. The van der Waals surface area contributed by atoms with E-state index in [1.807, 2.05) is 18.2 Å². The third-order valence-corrected chi connectivity index (χ3v) is 4.54. The minimum atomic E-state index is -0.759. The topological polar surface area (TPSA) is 98.5 Å². The number of likely N-dealkylation sites (N-methyl/N-ethyl adjacent to an activating group) is 1. The first-order valence-corrected chi connectivity index (χ1v) is 8.42. The molecule has 134 valence electrons. The third-order valence-electron chi connectivity index (χ3n) is 4.54. The van der Waals surface area contributed by atoms with E-state index in [1.165, 1.54) is 11.1 Å². The van der Waals surface area contributed by atoms with E-state index in [9.17, 15) is 14.4 Å². The fraction of sp³-hybridized carbons (Fsp3) is 0.250. The first-order valence-electron chi connectivity index (χ1n) is 8.42. The first-order chi connectivity index (χ1) is 12.5. The third kappa shape index (κ3) is 3.65. The van der Waals surface area contributed by atoms with Crippen LogP contribution in [0.25, 0.3) is 11.1 Å². The number of primary amides is 1. The van der Waals surface area contributed by atoms with Gasteiger partial charge in [0.05, 0.1) is 5.56 Å². The highest BCUT2D eigenvalue weighted by Crippen LogP contribution is 2.36. The quantitative estimate of drug-likeness (QED) is 0.521. The van der Waals surface area contributed by atoms with Gasteiger partial charge in [0.2, 0.25) is 5.91 Å². The van der Waals surface area contributed by atoms with Crippen LogP contribution in [0.5, 0.6) is 0 Å². The molecule has 0 aromatic heterocycles. The van der Waals surface area contributed by atoms with Gasteiger partial charge in [-0.1, -0.05) is 30.3 Å². The molecule has 0 heterocycles. The minimum absolute atomic E-state index is 0.0336. The Morgan fingerprint density at radius 1 is 1.12 bits per heavy atom. The number of hydrogen-bond acceptors (Lipinski definition) is 5. The summed E-state index contributed by atoms with van der Waals surface area (Å²) in [7, 11) is 1.56. The van der Waals surface area contributed by atoms with Crippen LogP contribution in [0.2, 0.25) is 0 Å². The van der Waals surface area contributed by atoms with Crippen LogP contribution in [0.1, 0.15) is 34.3 Å². The second-order valence-electron chi connectivity index (χ2n) is 6.26. The smallest absolute Gasteiger partial charge is 0.345 e. The summed E-state index contributed by atoms with van der Waals surface area (Å²) in [4.78, 5) is 35.3. The number of carbonyl (C=O) groups excluding carboxylic acids is 3. The number of rotatable bonds is 6. The summed E-state index contributed by atoms with van der Waals surface area (Å²) in [6.07, 6.45) is 0.960. The zero-order valence-electron chi connectivity index (χ0n) is 14.5. The van der Waals surface area contributed by atoms with Crippen LogP contribution >= 0.6 is 0 Å². The van der Waals surface area contributed by atoms with Gasteiger partial charge in [0.1, 0.15) is 6.04 Å². The van der Waals surface area contributed by atoms with Crippen LogP contribution in [0, 0.1) is 0 Å². The maximum absolute atomic E-state index is 12.3. The Bertz CT molecular complexity index is 876. The largest absolute Gasteiger partial charge is 0.388 e. The number of esters is 2. The van der Waals surface area contributed by atoms with Gasteiger partial charge in [-0.3, -0.25) is 4.79 Å². The molecular weight excluding hydrogens is 332 g/mol. The van der Waals surface area contributed by atoms with Crippen LogP contribution in [0.4, 0.5) is 0 Å². The van der Waals surface area contributed by atoms with Crippen LogP contribution in [0.3, 0.4) is 0 Å². The molecule has 0 radical (unpaired) electrons. The maximum Gasteiger partial charge on any atom is 0.345 e. The number of ether oxygens (including phenoxy) is 1. The van der Waals surface area contributed by atoms with Gasteiger partial charge >= 0.3 is 11.9 Å². The van der Waals surface area contributed by atoms with Gasteiger partial charge in [-0.15, -0.1) is 0 Å². The molecular formula is C20H20N2O4. The fourth-order valence-electron chi connectivity index (χ4n) is 3.16. The van der Waals surface area contributed by atoms with Crippen molar-refractivity contribution in [3.63, 3.8) is 0 Å². The van der Waals surface area contributed by atoms with Crippen molar-refractivity contribution >= 4 is 17.8 Å². The van der Waals surface area contributed by atoms with Gasteiger partial charge in [-0.25, -0.2) is 9.59 Å². The fourth-order valence-corrected chi connectivity index (χ4v) is 3.16. The summed E-state index contributed by atoms with van der Waals surface area (Å²) in [5.74, 6) is -1.93. The van der Waals surface area contributed by atoms with Crippen molar-refractivity contribution < 1.29 is 19.1 Å². The number of fused-ring (bicyclic) bond motifs is 3. The minimum Gasteiger partial charge on any atom is -0.388 e. The van der Waals surface area contributed by atoms with Gasteiger partial charge in [0.15, 0.2) is 0 Å². The number of nitrogens with one attached hydrogen (secondary N) is 1. The number of carbonyl (C=O) groups is 3. The highest BCUT2D eigenvalue weighted by Gasteiger charge is 2.24. The summed E-state index contributed by atoms with van der Waals surface area (Å²) < 4.78 is 4.97. The first kappa shape index (κ1) is 17.8. The van der Waals surface area contributed by atoms with E-state index in [4.69, 9.17) is 10.5 Å². The van der Waals surface area contributed by atoms with Crippen LogP contribution in [-0.2, 0) is 20.7 Å². The van der Waals surface area contributed by atoms with Crippen LogP contribution in [-0.4, -0.2) is 30.9 Å². The molecule has 0 saturated carbocycles. The van der Waals surface area contributed by atoms with Crippen molar-refractivity contribution in [1.82, 2.24) is 5.32 Å². The molecule has 0 aliphatic heterocycles. The van der Waals surface area contributed by atoms with E-state index >= 15 is 0 Å². The Balaban J connectivity index is 1.70. The lowest BCUT2D eigenvalue weighted by atomic mass is 10.0. The SMILES string of the molecule is CN[C@@H](CCC(N)=O)C(=O)OC(=O)c1ccc2c(c1)Cc1ccccc1-2. The Morgan fingerprint density at radius 2 is 1.85 bits per heavy atom. The number of hydrogen-bond donors (Lipinski definition) is 2. The lowest BCUT2D eigenvalue weighted by Crippen LogP contribution is -2.37. The van der Waals surface area contributed by atoms with Crippen molar-refractivity contribution in [3.8, 4) is 11.1 Å². The summed E-state index contributed by atoms with van der Waals surface area (Å²) in [5, 5.41) is 2.73. The van der Waals surface area contributed by atoms with Crippen LogP contribution in [0.15, 0.2) is 42.5 Å². The van der Waals surface area contributed by atoms with Crippen molar-refractivity contribution in [2.75, 3.05) is 7.05 Å². The van der Waals surface area contributed by atoms with Gasteiger partial charge in [0.25, 0.3) is 0 Å². The summed E-state index contributed by atoms with van der Waals surface area (Å²) in [6, 6.07) is 12.6. The summed E-state index contributed by atoms with van der Waals surface area (Å²) >= 11 is 0. The van der Waals surface area contributed by atoms with Gasteiger partial charge in [0, 0.05) is 6.42 Å². The molecule has 26 heavy (non-hydrogen) atoms. The lowest BCUT2D eigenvalue weighted by molar-refractivity contribution is -0.140. The van der Waals surface area contributed by atoms with E-state index < -0.39 is 23.9 Å². The second kappa shape index (κ2) is 7.49. The summed E-state index contributed by atoms with van der Waals surface area (Å²) in [5.41, 5.74) is 9.93. The van der Waals surface area contributed by atoms with Crippen LogP contribution < -0.4 is 11.1 Å². The number of amides is 1. The molecule has 1 aliphatic carbocycles. The van der Waals surface area contributed by atoms with Crippen molar-refractivity contribution in [2.45, 2.75) is 25.3 Å². The monoisotopic (exact) mass is 352 g/mol. The van der Waals surface area contributed by atoms with Crippen molar-refractivity contribution in [2.24, 2.45) is 5.73 Å². The highest BCUT2D eigenvalue weighted by atomic mass is 16.6. The molecule has 3 N–H and O–H groups in total. The number of benzene rings is 2. The molecule has 1 atom stereocenters. The lowest BCUT2D eigenvalue weighted by Gasteiger charge is -2.13. The number of nitrogens with two attached hydrogens (primary N) is 1. The van der Waals surface area contributed by atoms with Crippen molar-refractivity contribution in [1.29, 1.82) is 0 Å². The van der Waals surface area contributed by atoms with Crippen molar-refractivity contribution in [3.05, 3.63) is 59.2 Å².